The molecule has 0 atom stereocenters. The van der Waals surface area contributed by atoms with Crippen molar-refractivity contribution in [2.45, 2.75) is 6.92 Å². The lowest BCUT2D eigenvalue weighted by Gasteiger charge is -2.04. The Morgan fingerprint density at radius 2 is 1.77 bits per heavy atom. The molecule has 128 valence electrons. The van der Waals surface area contributed by atoms with Gasteiger partial charge in [0.05, 0.1) is 0 Å². The lowest BCUT2D eigenvalue weighted by Crippen LogP contribution is -2.13. The Balaban J connectivity index is 1.78. The third kappa shape index (κ3) is 4.21. The van der Waals surface area contributed by atoms with Gasteiger partial charge in [-0.25, -0.2) is 0 Å². The van der Waals surface area contributed by atoms with Gasteiger partial charge < -0.3 is 9.73 Å². The molecule has 0 radical (unpaired) electrons. The largest absolute Gasteiger partial charge is 0.457 e. The standard InChI is InChI=1S/C21H15ClN2O2/c1-14-2-8-18(9-3-14)24-21(25)16(13-23)12-19-10-11-20(26-19)15-4-6-17(22)7-5-15/h2-12H,1H3,(H,24,25)/b16-12-. The van der Waals surface area contributed by atoms with Crippen LogP contribution in [0.3, 0.4) is 0 Å². The molecule has 0 saturated heterocycles. The Hall–Kier alpha value is -3.29. The number of nitriles is 1. The molecule has 26 heavy (non-hydrogen) atoms. The summed E-state index contributed by atoms with van der Waals surface area (Å²) >= 11 is 5.88. The van der Waals surface area contributed by atoms with E-state index in [1.165, 1.54) is 6.08 Å². The van der Waals surface area contributed by atoms with Gasteiger partial charge in [-0.15, -0.1) is 0 Å². The maximum atomic E-state index is 12.3. The van der Waals surface area contributed by atoms with Crippen molar-refractivity contribution in [1.29, 1.82) is 5.26 Å². The first-order valence-electron chi connectivity index (χ1n) is 7.91. The number of rotatable bonds is 4. The van der Waals surface area contributed by atoms with Crippen molar-refractivity contribution in [1.82, 2.24) is 0 Å². The first-order chi connectivity index (χ1) is 12.5. The minimum atomic E-state index is -0.485. The predicted octanol–water partition coefficient (Wildman–Crippen LogP) is 5.45. The maximum Gasteiger partial charge on any atom is 0.266 e. The Morgan fingerprint density at radius 3 is 2.42 bits per heavy atom. The van der Waals surface area contributed by atoms with Gasteiger partial charge in [-0.3, -0.25) is 4.79 Å². The maximum absolute atomic E-state index is 12.3. The van der Waals surface area contributed by atoms with E-state index in [9.17, 15) is 10.1 Å². The number of aryl methyl sites for hydroxylation is 1. The minimum Gasteiger partial charge on any atom is -0.457 e. The summed E-state index contributed by atoms with van der Waals surface area (Å²) in [6.45, 7) is 1.96. The summed E-state index contributed by atoms with van der Waals surface area (Å²) in [5.41, 5.74) is 2.53. The molecule has 1 N–H and O–H groups in total. The molecular weight excluding hydrogens is 348 g/mol. The minimum absolute atomic E-state index is 0.0393. The highest BCUT2D eigenvalue weighted by Crippen LogP contribution is 2.25. The molecule has 5 heteroatoms. The molecule has 3 aromatic rings. The molecule has 2 aromatic carbocycles. The number of hydrogen-bond donors (Lipinski definition) is 1. The summed E-state index contributed by atoms with van der Waals surface area (Å²) < 4.78 is 5.71. The monoisotopic (exact) mass is 362 g/mol. The summed E-state index contributed by atoms with van der Waals surface area (Å²) in [5, 5.41) is 12.6. The van der Waals surface area contributed by atoms with Crippen LogP contribution >= 0.6 is 11.6 Å². The third-order valence-electron chi connectivity index (χ3n) is 3.72. The van der Waals surface area contributed by atoms with Crippen molar-refractivity contribution in [2.75, 3.05) is 5.32 Å². The molecule has 3 rings (SSSR count). The van der Waals surface area contributed by atoms with Crippen LogP contribution in [0.25, 0.3) is 17.4 Å². The quantitative estimate of drug-likeness (QED) is 0.495. The van der Waals surface area contributed by atoms with Gasteiger partial charge in [0.25, 0.3) is 5.91 Å². The predicted molar refractivity (Wildman–Crippen MR) is 103 cm³/mol. The number of carbonyl (C=O) groups excluding carboxylic acids is 1. The molecule has 0 bridgehead atoms. The number of amides is 1. The number of furan rings is 1. The second-order valence-corrected chi connectivity index (χ2v) is 6.14. The zero-order chi connectivity index (χ0) is 18.5. The van der Waals surface area contributed by atoms with E-state index in [4.69, 9.17) is 16.0 Å². The van der Waals surface area contributed by atoms with E-state index in [-0.39, 0.29) is 5.57 Å². The molecule has 0 fully saturated rings. The lowest BCUT2D eigenvalue weighted by atomic mass is 10.2. The Labute approximate surface area is 156 Å². The second kappa shape index (κ2) is 7.73. The Kier molecular flexibility index (Phi) is 5.21. The summed E-state index contributed by atoms with van der Waals surface area (Å²) in [5.74, 6) is 0.565. The fourth-order valence-electron chi connectivity index (χ4n) is 2.33. The van der Waals surface area contributed by atoms with Crippen molar-refractivity contribution in [3.05, 3.63) is 82.6 Å². The van der Waals surface area contributed by atoms with Gasteiger partial charge in [-0.05, 0) is 55.5 Å². The summed E-state index contributed by atoms with van der Waals surface area (Å²) in [4.78, 5) is 12.3. The smallest absolute Gasteiger partial charge is 0.266 e. The van der Waals surface area contributed by atoms with Gasteiger partial charge in [-0.1, -0.05) is 29.3 Å². The van der Waals surface area contributed by atoms with Crippen LogP contribution in [0.1, 0.15) is 11.3 Å². The highest BCUT2D eigenvalue weighted by Gasteiger charge is 2.11. The molecule has 4 nitrogen and oxygen atoms in total. The highest BCUT2D eigenvalue weighted by atomic mass is 35.5. The third-order valence-corrected chi connectivity index (χ3v) is 3.97. The molecule has 1 heterocycles. The fraction of sp³-hybridized carbons (Fsp3) is 0.0476. The van der Waals surface area contributed by atoms with Crippen LogP contribution in [0.4, 0.5) is 5.69 Å². The van der Waals surface area contributed by atoms with Crippen LogP contribution in [0.5, 0.6) is 0 Å². The van der Waals surface area contributed by atoms with E-state index in [1.807, 2.05) is 37.3 Å². The molecule has 0 unspecified atom stereocenters. The zero-order valence-electron chi connectivity index (χ0n) is 14.0. The van der Waals surface area contributed by atoms with Gasteiger partial charge in [0.2, 0.25) is 0 Å². The van der Waals surface area contributed by atoms with Crippen LogP contribution in [0.15, 0.2) is 70.7 Å². The molecule has 0 aliphatic rings. The van der Waals surface area contributed by atoms with Crippen LogP contribution in [0, 0.1) is 18.3 Å². The van der Waals surface area contributed by atoms with Crippen molar-refractivity contribution >= 4 is 29.3 Å². The number of nitrogens with one attached hydrogen (secondary N) is 1. The number of benzene rings is 2. The second-order valence-electron chi connectivity index (χ2n) is 5.70. The fourth-order valence-corrected chi connectivity index (χ4v) is 2.45. The van der Waals surface area contributed by atoms with Gasteiger partial charge in [0.15, 0.2) is 0 Å². The van der Waals surface area contributed by atoms with Crippen molar-refractivity contribution < 1.29 is 9.21 Å². The van der Waals surface area contributed by atoms with Gasteiger partial charge in [0, 0.05) is 22.3 Å². The molecule has 1 aromatic heterocycles. The topological polar surface area (TPSA) is 66.0 Å². The Morgan fingerprint density at radius 1 is 1.08 bits per heavy atom. The number of nitrogens with zero attached hydrogens (tertiary/aromatic N) is 1. The van der Waals surface area contributed by atoms with E-state index in [0.29, 0.717) is 22.2 Å². The molecule has 0 spiro atoms. The van der Waals surface area contributed by atoms with E-state index in [1.54, 1.807) is 36.4 Å². The highest BCUT2D eigenvalue weighted by molar-refractivity contribution is 6.30. The van der Waals surface area contributed by atoms with E-state index in [2.05, 4.69) is 5.32 Å². The normalized spacial score (nSPS) is 11.0. The van der Waals surface area contributed by atoms with Crippen LogP contribution in [0.2, 0.25) is 5.02 Å². The van der Waals surface area contributed by atoms with Crippen LogP contribution in [-0.2, 0) is 4.79 Å². The van der Waals surface area contributed by atoms with E-state index >= 15 is 0 Å². The SMILES string of the molecule is Cc1ccc(NC(=O)/C(C#N)=C\c2ccc(-c3ccc(Cl)cc3)o2)cc1. The molecular formula is C21H15ClN2O2. The van der Waals surface area contributed by atoms with E-state index < -0.39 is 5.91 Å². The first kappa shape index (κ1) is 17.5. The summed E-state index contributed by atoms with van der Waals surface area (Å²) in [6, 6.07) is 20.0. The molecule has 0 aliphatic carbocycles. The average Bonchev–Trinajstić information content (AvgIpc) is 3.11. The van der Waals surface area contributed by atoms with Crippen molar-refractivity contribution in [2.24, 2.45) is 0 Å². The Bertz CT molecular complexity index is 994. The van der Waals surface area contributed by atoms with Crippen molar-refractivity contribution in [3.8, 4) is 17.4 Å². The van der Waals surface area contributed by atoms with E-state index in [0.717, 1.165) is 11.1 Å². The molecule has 1 amide bonds. The number of hydrogen-bond acceptors (Lipinski definition) is 3. The lowest BCUT2D eigenvalue weighted by molar-refractivity contribution is -0.112. The number of anilines is 1. The van der Waals surface area contributed by atoms with Gasteiger partial charge >= 0.3 is 0 Å². The van der Waals surface area contributed by atoms with Gasteiger partial charge in [-0.2, -0.15) is 5.26 Å². The zero-order valence-corrected chi connectivity index (χ0v) is 14.7. The average molecular weight is 363 g/mol. The molecule has 0 aliphatic heterocycles. The number of halogens is 1. The molecule has 0 saturated carbocycles. The number of carbonyl (C=O) groups is 1. The van der Waals surface area contributed by atoms with Crippen LogP contribution < -0.4 is 5.32 Å². The van der Waals surface area contributed by atoms with Crippen molar-refractivity contribution in [3.63, 3.8) is 0 Å². The van der Waals surface area contributed by atoms with Gasteiger partial charge in [0.1, 0.15) is 23.2 Å². The summed E-state index contributed by atoms with van der Waals surface area (Å²) in [6.07, 6.45) is 1.42. The summed E-state index contributed by atoms with van der Waals surface area (Å²) in [7, 11) is 0. The first-order valence-corrected chi connectivity index (χ1v) is 8.28. The van der Waals surface area contributed by atoms with Crippen LogP contribution in [-0.4, -0.2) is 5.91 Å².